The van der Waals surface area contributed by atoms with Crippen LogP contribution in [0.15, 0.2) is 52.1 Å². The Bertz CT molecular complexity index is 902. The molecule has 0 aliphatic heterocycles. The summed E-state index contributed by atoms with van der Waals surface area (Å²) in [4.78, 5) is 27.5. The number of aryl methyl sites for hydroxylation is 2. The highest BCUT2D eigenvalue weighted by atomic mass is 16.2. The first-order chi connectivity index (χ1) is 9.58. The van der Waals surface area contributed by atoms with Gasteiger partial charge in [0.1, 0.15) is 0 Å². The van der Waals surface area contributed by atoms with Crippen LogP contribution in [0.4, 0.5) is 0 Å². The van der Waals surface area contributed by atoms with Crippen LogP contribution in [0.1, 0.15) is 11.1 Å². The van der Waals surface area contributed by atoms with Gasteiger partial charge in [0.2, 0.25) is 0 Å². The molecule has 2 aromatic carbocycles. The Morgan fingerprint density at radius 3 is 2.35 bits per heavy atom. The molecular formula is C16H14N2O2. The average molecular weight is 266 g/mol. The molecule has 0 aliphatic rings. The maximum atomic E-state index is 12.6. The Morgan fingerprint density at radius 1 is 0.950 bits per heavy atom. The van der Waals surface area contributed by atoms with E-state index in [4.69, 9.17) is 0 Å². The summed E-state index contributed by atoms with van der Waals surface area (Å²) in [5, 5.41) is 0.549. The summed E-state index contributed by atoms with van der Waals surface area (Å²) in [5.74, 6) is 0. The monoisotopic (exact) mass is 266 g/mol. The van der Waals surface area contributed by atoms with Crippen molar-refractivity contribution in [1.29, 1.82) is 0 Å². The van der Waals surface area contributed by atoms with E-state index in [2.05, 4.69) is 4.98 Å². The Kier molecular flexibility index (Phi) is 2.79. The first-order valence-corrected chi connectivity index (χ1v) is 6.39. The Morgan fingerprint density at radius 2 is 1.65 bits per heavy atom. The zero-order valence-corrected chi connectivity index (χ0v) is 11.3. The third-order valence-electron chi connectivity index (χ3n) is 3.43. The molecule has 1 N–H and O–H groups in total. The molecule has 0 amide bonds. The highest BCUT2D eigenvalue weighted by Gasteiger charge is 2.10. The van der Waals surface area contributed by atoms with Gasteiger partial charge in [0, 0.05) is 0 Å². The van der Waals surface area contributed by atoms with Crippen molar-refractivity contribution in [2.24, 2.45) is 0 Å². The number of aromatic amines is 1. The number of hydrogen-bond acceptors (Lipinski definition) is 2. The van der Waals surface area contributed by atoms with E-state index in [1.54, 1.807) is 18.2 Å². The topological polar surface area (TPSA) is 54.9 Å². The van der Waals surface area contributed by atoms with E-state index in [0.717, 1.165) is 11.1 Å². The molecule has 0 unspecified atom stereocenters. The molecule has 3 rings (SSSR count). The van der Waals surface area contributed by atoms with Gasteiger partial charge in [-0.15, -0.1) is 0 Å². The van der Waals surface area contributed by atoms with Crippen molar-refractivity contribution in [3.63, 3.8) is 0 Å². The van der Waals surface area contributed by atoms with Gasteiger partial charge in [0.05, 0.1) is 16.6 Å². The predicted octanol–water partition coefficient (Wildman–Crippen LogP) is 2.30. The van der Waals surface area contributed by atoms with Crippen molar-refractivity contribution in [3.8, 4) is 5.69 Å². The summed E-state index contributed by atoms with van der Waals surface area (Å²) in [7, 11) is 0. The molecule has 20 heavy (non-hydrogen) atoms. The second-order valence-corrected chi connectivity index (χ2v) is 4.90. The zero-order chi connectivity index (χ0) is 14.3. The van der Waals surface area contributed by atoms with Crippen LogP contribution in [0.25, 0.3) is 16.6 Å². The van der Waals surface area contributed by atoms with Gasteiger partial charge in [-0.1, -0.05) is 29.8 Å². The van der Waals surface area contributed by atoms with E-state index in [1.807, 2.05) is 38.1 Å². The Balaban J connectivity index is 2.43. The number of fused-ring (bicyclic) bond motifs is 1. The third-order valence-corrected chi connectivity index (χ3v) is 3.43. The summed E-state index contributed by atoms with van der Waals surface area (Å²) in [6.07, 6.45) is 0. The number of benzene rings is 2. The predicted molar refractivity (Wildman–Crippen MR) is 79.6 cm³/mol. The van der Waals surface area contributed by atoms with Crippen molar-refractivity contribution in [3.05, 3.63) is 74.4 Å². The molecular weight excluding hydrogens is 252 g/mol. The highest BCUT2D eigenvalue weighted by Crippen LogP contribution is 2.12. The molecule has 0 aliphatic carbocycles. The van der Waals surface area contributed by atoms with E-state index in [9.17, 15) is 9.59 Å². The maximum Gasteiger partial charge on any atom is 0.333 e. The summed E-state index contributed by atoms with van der Waals surface area (Å²) in [6, 6.07) is 12.7. The van der Waals surface area contributed by atoms with Gasteiger partial charge < -0.3 is 4.98 Å². The molecule has 1 heterocycles. The largest absolute Gasteiger partial charge is 0.333 e. The van der Waals surface area contributed by atoms with Gasteiger partial charge in [0.25, 0.3) is 5.56 Å². The van der Waals surface area contributed by atoms with Gasteiger partial charge in [-0.2, -0.15) is 0 Å². The number of nitrogens with zero attached hydrogens (tertiary/aromatic N) is 1. The molecule has 0 atom stereocenters. The number of nitrogens with one attached hydrogen (secondary N) is 1. The zero-order valence-electron chi connectivity index (χ0n) is 11.3. The molecule has 0 bridgehead atoms. The summed E-state index contributed by atoms with van der Waals surface area (Å²) in [5.41, 5.74) is 2.37. The van der Waals surface area contributed by atoms with Crippen molar-refractivity contribution in [2.75, 3.05) is 0 Å². The van der Waals surface area contributed by atoms with Crippen molar-refractivity contribution >= 4 is 10.9 Å². The fourth-order valence-electron chi connectivity index (χ4n) is 2.36. The van der Waals surface area contributed by atoms with Crippen LogP contribution in [0.2, 0.25) is 0 Å². The van der Waals surface area contributed by atoms with Gasteiger partial charge in [-0.25, -0.2) is 9.36 Å². The van der Waals surface area contributed by atoms with Crippen LogP contribution in [0, 0.1) is 13.8 Å². The molecule has 4 heteroatoms. The molecule has 0 spiro atoms. The molecule has 1 aromatic heterocycles. The third kappa shape index (κ3) is 1.86. The number of hydrogen-bond donors (Lipinski definition) is 1. The number of rotatable bonds is 1. The SMILES string of the molecule is Cc1ccc(-n2c(=O)[nH]c3cccc(C)c3c2=O)cc1. The lowest BCUT2D eigenvalue weighted by atomic mass is 10.1. The first kappa shape index (κ1) is 12.4. The van der Waals surface area contributed by atoms with Crippen molar-refractivity contribution in [2.45, 2.75) is 13.8 Å². The fourth-order valence-corrected chi connectivity index (χ4v) is 2.36. The molecule has 100 valence electrons. The minimum atomic E-state index is -0.419. The second-order valence-electron chi connectivity index (χ2n) is 4.90. The van der Waals surface area contributed by atoms with E-state index < -0.39 is 5.69 Å². The Hall–Kier alpha value is -2.62. The molecule has 0 fully saturated rings. The second kappa shape index (κ2) is 4.49. The maximum absolute atomic E-state index is 12.6. The van der Waals surface area contributed by atoms with E-state index >= 15 is 0 Å². The lowest BCUT2D eigenvalue weighted by molar-refractivity contribution is 0.899. The fraction of sp³-hybridized carbons (Fsp3) is 0.125. The molecule has 3 aromatic rings. The standard InChI is InChI=1S/C16H14N2O2/c1-10-6-8-12(9-7-10)18-15(19)14-11(2)4-3-5-13(14)17-16(18)20/h3-9H,1-2H3,(H,17,20). The van der Waals surface area contributed by atoms with Crippen molar-refractivity contribution in [1.82, 2.24) is 9.55 Å². The summed E-state index contributed by atoms with van der Waals surface area (Å²) >= 11 is 0. The Labute approximate surface area is 115 Å². The van der Waals surface area contributed by atoms with Crippen LogP contribution in [-0.4, -0.2) is 9.55 Å². The minimum Gasteiger partial charge on any atom is -0.306 e. The lowest BCUT2D eigenvalue weighted by Gasteiger charge is -2.08. The molecule has 4 nitrogen and oxygen atoms in total. The quantitative estimate of drug-likeness (QED) is 0.734. The minimum absolute atomic E-state index is 0.286. The highest BCUT2D eigenvalue weighted by molar-refractivity contribution is 5.81. The van der Waals surface area contributed by atoms with Crippen LogP contribution in [0.3, 0.4) is 0 Å². The number of H-pyrrole nitrogens is 1. The van der Waals surface area contributed by atoms with E-state index in [1.165, 1.54) is 4.57 Å². The molecule has 0 saturated carbocycles. The van der Waals surface area contributed by atoms with Crippen LogP contribution >= 0.6 is 0 Å². The number of aromatic nitrogens is 2. The summed E-state index contributed by atoms with van der Waals surface area (Å²) < 4.78 is 1.18. The van der Waals surface area contributed by atoms with Gasteiger partial charge in [0.15, 0.2) is 0 Å². The van der Waals surface area contributed by atoms with Crippen LogP contribution in [0.5, 0.6) is 0 Å². The van der Waals surface area contributed by atoms with Gasteiger partial charge >= 0.3 is 5.69 Å². The van der Waals surface area contributed by atoms with E-state index in [-0.39, 0.29) is 5.56 Å². The first-order valence-electron chi connectivity index (χ1n) is 6.39. The average Bonchev–Trinajstić information content (AvgIpc) is 2.40. The van der Waals surface area contributed by atoms with Crippen molar-refractivity contribution < 1.29 is 0 Å². The van der Waals surface area contributed by atoms with Gasteiger partial charge in [-0.05, 0) is 37.6 Å². The van der Waals surface area contributed by atoms with Gasteiger partial charge in [-0.3, -0.25) is 4.79 Å². The van der Waals surface area contributed by atoms with E-state index in [0.29, 0.717) is 16.6 Å². The molecule has 0 radical (unpaired) electrons. The molecule has 0 saturated heterocycles. The smallest absolute Gasteiger partial charge is 0.306 e. The van der Waals surface area contributed by atoms with Crippen LogP contribution < -0.4 is 11.2 Å². The normalized spacial score (nSPS) is 10.9. The summed E-state index contributed by atoms with van der Waals surface area (Å²) in [6.45, 7) is 3.82. The van der Waals surface area contributed by atoms with Crippen LogP contribution in [-0.2, 0) is 0 Å². The lowest BCUT2D eigenvalue weighted by Crippen LogP contribution is -2.33.